The van der Waals surface area contributed by atoms with Gasteiger partial charge in [0.05, 0.1) is 5.69 Å². The lowest BCUT2D eigenvalue weighted by atomic mass is 9.87. The van der Waals surface area contributed by atoms with E-state index in [1.165, 1.54) is 0 Å². The minimum Gasteiger partial charge on any atom is -0.330 e. The van der Waals surface area contributed by atoms with Gasteiger partial charge in [-0.2, -0.15) is 0 Å². The van der Waals surface area contributed by atoms with Crippen LogP contribution in [-0.2, 0) is 5.41 Å². The number of rotatable bonds is 2. The molecule has 23 heavy (non-hydrogen) atoms. The topological polar surface area (TPSA) is 54.0 Å². The van der Waals surface area contributed by atoms with Gasteiger partial charge in [0.2, 0.25) is 0 Å². The fourth-order valence-electron chi connectivity index (χ4n) is 1.93. The Morgan fingerprint density at radius 3 is 2.39 bits per heavy atom. The molecule has 0 unspecified atom stereocenters. The number of nitrogens with one attached hydrogen (secondary N) is 2. The molecule has 1 heterocycles. The van der Waals surface area contributed by atoms with Gasteiger partial charge < -0.3 is 5.32 Å². The number of amides is 1. The number of pyridine rings is 1. The van der Waals surface area contributed by atoms with E-state index in [0.29, 0.717) is 16.4 Å². The van der Waals surface area contributed by atoms with E-state index in [1.807, 2.05) is 12.1 Å². The number of aromatic nitrogens is 1. The first-order valence-electron chi connectivity index (χ1n) is 7.11. The number of benzene rings is 1. The minimum absolute atomic E-state index is 0.0446. The number of carbonyl (C=O) groups excluding carboxylic acids is 1. The molecule has 0 saturated heterocycles. The third kappa shape index (κ3) is 4.74. The highest BCUT2D eigenvalue weighted by Crippen LogP contribution is 2.22. The summed E-state index contributed by atoms with van der Waals surface area (Å²) in [6.07, 6.45) is 1.58. The zero-order valence-corrected chi connectivity index (χ0v) is 14.8. The average molecular weight is 348 g/mol. The number of carbonyl (C=O) groups is 1. The second kappa shape index (κ2) is 7.06. The quantitative estimate of drug-likeness (QED) is 0.632. The Morgan fingerprint density at radius 1 is 1.17 bits per heavy atom. The standard InChI is InChI=1S/C17H18ClN3OS/c1-17(2,3)12-8-6-11(7-9-12)15(22)21-16(23)20-13-5-4-10-19-14(13)18/h4-10H,1-3H3,(H2,20,21,22,23). The average Bonchev–Trinajstić information content (AvgIpc) is 2.49. The van der Waals surface area contributed by atoms with Crippen LogP contribution in [0.2, 0.25) is 5.15 Å². The molecule has 1 amide bonds. The predicted octanol–water partition coefficient (Wildman–Crippen LogP) is 4.16. The van der Waals surface area contributed by atoms with Gasteiger partial charge in [-0.25, -0.2) is 4.98 Å². The van der Waals surface area contributed by atoms with Crippen molar-refractivity contribution in [2.24, 2.45) is 0 Å². The number of thiocarbonyl (C=S) groups is 1. The van der Waals surface area contributed by atoms with Gasteiger partial charge in [-0.1, -0.05) is 44.5 Å². The summed E-state index contributed by atoms with van der Waals surface area (Å²) >= 11 is 11.1. The van der Waals surface area contributed by atoms with Crippen molar-refractivity contribution in [2.75, 3.05) is 5.32 Å². The van der Waals surface area contributed by atoms with Crippen LogP contribution in [0, 0.1) is 0 Å². The maximum Gasteiger partial charge on any atom is 0.257 e. The molecule has 1 aromatic heterocycles. The molecular formula is C17H18ClN3OS. The van der Waals surface area contributed by atoms with Gasteiger partial charge in [0, 0.05) is 11.8 Å². The summed E-state index contributed by atoms with van der Waals surface area (Å²) in [4.78, 5) is 16.1. The van der Waals surface area contributed by atoms with Gasteiger partial charge >= 0.3 is 0 Å². The van der Waals surface area contributed by atoms with Crippen LogP contribution in [0.5, 0.6) is 0 Å². The Labute approximate surface area is 146 Å². The lowest BCUT2D eigenvalue weighted by Crippen LogP contribution is -2.34. The summed E-state index contributed by atoms with van der Waals surface area (Å²) in [6.45, 7) is 6.37. The molecule has 0 aliphatic carbocycles. The number of hydrogen-bond acceptors (Lipinski definition) is 3. The molecule has 4 nitrogen and oxygen atoms in total. The van der Waals surface area contributed by atoms with Crippen molar-refractivity contribution in [3.05, 3.63) is 58.9 Å². The molecule has 0 atom stereocenters. The third-order valence-corrected chi connectivity index (χ3v) is 3.75. The fourth-order valence-corrected chi connectivity index (χ4v) is 2.30. The van der Waals surface area contributed by atoms with Gasteiger partial charge in [-0.15, -0.1) is 0 Å². The number of anilines is 1. The number of halogens is 1. The highest BCUT2D eigenvalue weighted by Gasteiger charge is 2.15. The maximum atomic E-state index is 12.2. The number of nitrogens with zero attached hydrogens (tertiary/aromatic N) is 1. The second-order valence-electron chi connectivity index (χ2n) is 6.08. The molecule has 0 aliphatic heterocycles. The molecule has 0 bridgehead atoms. The summed E-state index contributed by atoms with van der Waals surface area (Å²) in [7, 11) is 0. The van der Waals surface area contributed by atoms with Crippen LogP contribution in [-0.4, -0.2) is 16.0 Å². The monoisotopic (exact) mass is 347 g/mol. The molecule has 0 radical (unpaired) electrons. The van der Waals surface area contributed by atoms with E-state index < -0.39 is 0 Å². The predicted molar refractivity (Wildman–Crippen MR) is 98.1 cm³/mol. The smallest absolute Gasteiger partial charge is 0.257 e. The highest BCUT2D eigenvalue weighted by molar-refractivity contribution is 7.80. The van der Waals surface area contributed by atoms with E-state index in [0.717, 1.165) is 5.56 Å². The van der Waals surface area contributed by atoms with Crippen LogP contribution >= 0.6 is 23.8 Å². The zero-order valence-electron chi connectivity index (χ0n) is 13.2. The van der Waals surface area contributed by atoms with Crippen LogP contribution < -0.4 is 10.6 Å². The summed E-state index contributed by atoms with van der Waals surface area (Å²) in [5.74, 6) is -0.275. The third-order valence-electron chi connectivity index (χ3n) is 3.25. The van der Waals surface area contributed by atoms with Gasteiger partial charge in [0.15, 0.2) is 10.3 Å². The summed E-state index contributed by atoms with van der Waals surface area (Å²) in [5.41, 5.74) is 2.29. The molecule has 0 fully saturated rings. The van der Waals surface area contributed by atoms with E-state index in [1.54, 1.807) is 30.5 Å². The molecule has 0 aliphatic rings. The van der Waals surface area contributed by atoms with Crippen molar-refractivity contribution in [2.45, 2.75) is 26.2 Å². The molecule has 1 aromatic carbocycles. The fraction of sp³-hybridized carbons (Fsp3) is 0.235. The van der Waals surface area contributed by atoms with Gasteiger partial charge in [0.1, 0.15) is 0 Å². The first-order chi connectivity index (χ1) is 10.8. The molecule has 2 rings (SSSR count). The second-order valence-corrected chi connectivity index (χ2v) is 6.84. The van der Waals surface area contributed by atoms with Gasteiger partial charge in [-0.05, 0) is 47.5 Å². The molecule has 120 valence electrons. The zero-order chi connectivity index (χ0) is 17.0. The lowest BCUT2D eigenvalue weighted by molar-refractivity contribution is 0.0977. The van der Waals surface area contributed by atoms with Gasteiger partial charge in [-0.3, -0.25) is 10.1 Å². The summed E-state index contributed by atoms with van der Waals surface area (Å²) in [6, 6.07) is 10.9. The molecule has 0 spiro atoms. The van der Waals surface area contributed by atoms with Crippen LogP contribution in [0.1, 0.15) is 36.7 Å². The van der Waals surface area contributed by atoms with Crippen molar-refractivity contribution < 1.29 is 4.79 Å². The Hall–Kier alpha value is -1.98. The van der Waals surface area contributed by atoms with E-state index in [-0.39, 0.29) is 16.4 Å². The van der Waals surface area contributed by atoms with Crippen LogP contribution in [0.15, 0.2) is 42.6 Å². The molecular weight excluding hydrogens is 330 g/mol. The van der Waals surface area contributed by atoms with E-state index >= 15 is 0 Å². The molecule has 6 heteroatoms. The lowest BCUT2D eigenvalue weighted by Gasteiger charge is -2.19. The first-order valence-corrected chi connectivity index (χ1v) is 7.89. The van der Waals surface area contributed by atoms with Crippen molar-refractivity contribution in [3.8, 4) is 0 Å². The SMILES string of the molecule is CC(C)(C)c1ccc(C(=O)NC(=S)Nc2cccnc2Cl)cc1. The van der Waals surface area contributed by atoms with E-state index in [2.05, 4.69) is 36.4 Å². The highest BCUT2D eigenvalue weighted by atomic mass is 35.5. The Balaban J connectivity index is 2.01. The molecule has 2 N–H and O–H groups in total. The molecule has 0 saturated carbocycles. The van der Waals surface area contributed by atoms with Crippen molar-refractivity contribution in [1.29, 1.82) is 0 Å². The van der Waals surface area contributed by atoms with Gasteiger partial charge in [0.25, 0.3) is 5.91 Å². The van der Waals surface area contributed by atoms with Crippen molar-refractivity contribution in [3.63, 3.8) is 0 Å². The minimum atomic E-state index is -0.275. The van der Waals surface area contributed by atoms with E-state index in [4.69, 9.17) is 23.8 Å². The van der Waals surface area contributed by atoms with Crippen molar-refractivity contribution >= 4 is 40.5 Å². The van der Waals surface area contributed by atoms with Crippen LogP contribution in [0.4, 0.5) is 5.69 Å². The van der Waals surface area contributed by atoms with Crippen LogP contribution in [0.25, 0.3) is 0 Å². The van der Waals surface area contributed by atoms with E-state index in [9.17, 15) is 4.79 Å². The summed E-state index contributed by atoms with van der Waals surface area (Å²) in [5, 5.41) is 5.94. The van der Waals surface area contributed by atoms with Crippen LogP contribution in [0.3, 0.4) is 0 Å². The first kappa shape index (κ1) is 17.4. The Kier molecular flexibility index (Phi) is 5.34. The largest absolute Gasteiger partial charge is 0.330 e. The maximum absolute atomic E-state index is 12.2. The van der Waals surface area contributed by atoms with Crippen molar-refractivity contribution in [1.82, 2.24) is 10.3 Å². The Bertz CT molecular complexity index is 723. The summed E-state index contributed by atoms with van der Waals surface area (Å²) < 4.78 is 0. The normalized spacial score (nSPS) is 11.0. The molecule has 2 aromatic rings. The Morgan fingerprint density at radius 2 is 1.83 bits per heavy atom. The number of hydrogen-bond donors (Lipinski definition) is 2.